The molecule has 1 aromatic heterocycles. The van der Waals surface area contributed by atoms with Crippen molar-refractivity contribution >= 4 is 12.0 Å². The lowest BCUT2D eigenvalue weighted by atomic mass is 9.85. The van der Waals surface area contributed by atoms with Crippen LogP contribution in [0.3, 0.4) is 0 Å². The van der Waals surface area contributed by atoms with Crippen LogP contribution in [0.5, 0.6) is 11.5 Å². The second kappa shape index (κ2) is 7.20. The van der Waals surface area contributed by atoms with Gasteiger partial charge in [-0.1, -0.05) is 18.2 Å². The van der Waals surface area contributed by atoms with Crippen LogP contribution >= 0.6 is 0 Å². The first-order valence-corrected chi connectivity index (χ1v) is 10.7. The van der Waals surface area contributed by atoms with Crippen molar-refractivity contribution in [3.8, 4) is 11.5 Å². The fourth-order valence-electron chi connectivity index (χ4n) is 5.73. The zero-order chi connectivity index (χ0) is 20.9. The molecule has 3 fully saturated rings. The molecule has 3 aliphatic rings. The number of aryl methyl sites for hydroxylation is 1. The molecule has 6 nitrogen and oxygen atoms in total. The molecule has 0 aliphatic carbocycles. The Kier molecular flexibility index (Phi) is 4.62. The summed E-state index contributed by atoms with van der Waals surface area (Å²) in [4.78, 5) is 17.9. The molecular weight excluding hydrogens is 380 g/mol. The van der Waals surface area contributed by atoms with Gasteiger partial charge in [-0.3, -0.25) is 9.69 Å². The van der Waals surface area contributed by atoms with Gasteiger partial charge in [0.1, 0.15) is 17.1 Å². The zero-order valence-corrected chi connectivity index (χ0v) is 17.5. The summed E-state index contributed by atoms with van der Waals surface area (Å²) in [6.07, 6.45) is 7.29. The second-order valence-electron chi connectivity index (χ2n) is 8.71. The molecule has 1 aromatic carbocycles. The van der Waals surface area contributed by atoms with E-state index in [0.717, 1.165) is 49.4 Å². The van der Waals surface area contributed by atoms with Gasteiger partial charge in [0.05, 0.1) is 13.7 Å². The lowest BCUT2D eigenvalue weighted by Crippen LogP contribution is -2.50. The first-order chi connectivity index (χ1) is 14.5. The number of methoxy groups -OCH3 is 1. The Hall–Kier alpha value is -2.73. The van der Waals surface area contributed by atoms with Gasteiger partial charge in [0.15, 0.2) is 11.5 Å². The van der Waals surface area contributed by atoms with Crippen LogP contribution in [0.1, 0.15) is 36.3 Å². The number of ether oxygens (including phenoxy) is 1. The number of hydrogen-bond donors (Lipinski definition) is 1. The Morgan fingerprint density at radius 3 is 2.97 bits per heavy atom. The van der Waals surface area contributed by atoms with Crippen LogP contribution in [0.4, 0.5) is 0 Å². The average Bonchev–Trinajstić information content (AvgIpc) is 3.46. The number of carbonyl (C=O) groups is 1. The van der Waals surface area contributed by atoms with E-state index in [1.165, 1.54) is 0 Å². The standard InChI is InChI=1S/C24H28N2O4/c1-16-4-8-20(30-16)15-25-14-18-13-19(26-11-3-10-24(18,26)23(25)28)7-5-17-6-9-21(27)22(12-17)29-2/h4-9,12,18-19,27H,3,10-11,13-15H2,1-2H3/t18-,19+,24-/m0/s1. The number of phenolic OH excluding ortho intramolecular Hbond substituents is 1. The molecule has 5 rings (SSSR count). The number of furan rings is 1. The normalized spacial score (nSPS) is 28.5. The minimum Gasteiger partial charge on any atom is -0.504 e. The molecule has 1 spiro atoms. The van der Waals surface area contributed by atoms with E-state index in [-0.39, 0.29) is 23.2 Å². The van der Waals surface area contributed by atoms with Gasteiger partial charge in [0, 0.05) is 18.5 Å². The van der Waals surface area contributed by atoms with Crippen molar-refractivity contribution in [2.45, 2.75) is 44.3 Å². The quantitative estimate of drug-likeness (QED) is 0.819. The SMILES string of the molecule is COc1cc(C=C[C@@H]2C[C@H]3CN(Cc4ccc(C)o4)C(=O)[C@]34CCCN24)ccc1O. The minimum absolute atomic E-state index is 0.140. The molecule has 30 heavy (non-hydrogen) atoms. The Bertz CT molecular complexity index is 997. The fraction of sp³-hybridized carbons (Fsp3) is 0.458. The first-order valence-electron chi connectivity index (χ1n) is 10.7. The number of benzene rings is 1. The summed E-state index contributed by atoms with van der Waals surface area (Å²) in [5.74, 6) is 2.97. The topological polar surface area (TPSA) is 66.2 Å². The highest BCUT2D eigenvalue weighted by Crippen LogP contribution is 2.52. The summed E-state index contributed by atoms with van der Waals surface area (Å²) in [6.45, 7) is 4.25. The summed E-state index contributed by atoms with van der Waals surface area (Å²) < 4.78 is 10.9. The van der Waals surface area contributed by atoms with Gasteiger partial charge in [-0.25, -0.2) is 0 Å². The van der Waals surface area contributed by atoms with Crippen molar-refractivity contribution in [1.29, 1.82) is 0 Å². The van der Waals surface area contributed by atoms with Crippen LogP contribution in [0.2, 0.25) is 0 Å². The monoisotopic (exact) mass is 408 g/mol. The third kappa shape index (κ3) is 2.93. The van der Waals surface area contributed by atoms with Crippen LogP contribution in [0.25, 0.3) is 6.08 Å². The third-order valence-corrected chi connectivity index (χ3v) is 7.03. The van der Waals surface area contributed by atoms with Gasteiger partial charge in [-0.15, -0.1) is 0 Å². The maximum atomic E-state index is 13.5. The highest BCUT2D eigenvalue weighted by molar-refractivity contribution is 5.90. The van der Waals surface area contributed by atoms with E-state index >= 15 is 0 Å². The number of amides is 1. The van der Waals surface area contributed by atoms with Crippen molar-refractivity contribution in [2.75, 3.05) is 20.2 Å². The van der Waals surface area contributed by atoms with Crippen molar-refractivity contribution in [1.82, 2.24) is 9.80 Å². The molecule has 1 N–H and O–H groups in total. The Morgan fingerprint density at radius 2 is 2.20 bits per heavy atom. The first kappa shape index (κ1) is 19.2. The summed E-state index contributed by atoms with van der Waals surface area (Å²) in [6, 6.07) is 9.54. The van der Waals surface area contributed by atoms with Crippen LogP contribution in [-0.2, 0) is 11.3 Å². The predicted octanol–water partition coefficient (Wildman–Crippen LogP) is 3.58. The van der Waals surface area contributed by atoms with E-state index in [0.29, 0.717) is 18.2 Å². The van der Waals surface area contributed by atoms with Gasteiger partial charge < -0.3 is 19.2 Å². The van der Waals surface area contributed by atoms with Gasteiger partial charge >= 0.3 is 0 Å². The molecule has 3 atom stereocenters. The highest BCUT2D eigenvalue weighted by Gasteiger charge is 2.64. The maximum Gasteiger partial charge on any atom is 0.243 e. The largest absolute Gasteiger partial charge is 0.504 e. The predicted molar refractivity (Wildman–Crippen MR) is 113 cm³/mol. The number of aromatic hydroxyl groups is 1. The molecule has 0 bridgehead atoms. The second-order valence-corrected chi connectivity index (χ2v) is 8.71. The fourth-order valence-corrected chi connectivity index (χ4v) is 5.73. The number of rotatable bonds is 5. The molecule has 0 radical (unpaired) electrons. The van der Waals surface area contributed by atoms with E-state index in [1.54, 1.807) is 13.2 Å². The minimum atomic E-state index is -0.344. The summed E-state index contributed by atoms with van der Waals surface area (Å²) >= 11 is 0. The van der Waals surface area contributed by atoms with E-state index in [9.17, 15) is 9.90 Å². The molecule has 3 saturated heterocycles. The van der Waals surface area contributed by atoms with Crippen LogP contribution in [-0.4, -0.2) is 52.6 Å². The molecule has 4 heterocycles. The van der Waals surface area contributed by atoms with Crippen LogP contribution in [0, 0.1) is 12.8 Å². The van der Waals surface area contributed by atoms with Gasteiger partial charge in [-0.2, -0.15) is 0 Å². The molecule has 2 aromatic rings. The summed E-state index contributed by atoms with van der Waals surface area (Å²) in [5.41, 5.74) is 0.639. The number of carbonyl (C=O) groups excluding carboxylic acids is 1. The van der Waals surface area contributed by atoms with Crippen molar-refractivity contribution in [3.05, 3.63) is 53.5 Å². The average molecular weight is 408 g/mol. The van der Waals surface area contributed by atoms with Gasteiger partial charge in [-0.05, 0) is 62.6 Å². The third-order valence-electron chi connectivity index (χ3n) is 7.03. The Balaban J connectivity index is 1.34. The van der Waals surface area contributed by atoms with Gasteiger partial charge in [0.25, 0.3) is 0 Å². The molecule has 6 heteroatoms. The van der Waals surface area contributed by atoms with E-state index in [2.05, 4.69) is 17.1 Å². The Morgan fingerprint density at radius 1 is 1.33 bits per heavy atom. The summed E-state index contributed by atoms with van der Waals surface area (Å²) in [5, 5.41) is 9.80. The van der Waals surface area contributed by atoms with E-state index < -0.39 is 0 Å². The number of likely N-dealkylation sites (tertiary alicyclic amines) is 1. The van der Waals surface area contributed by atoms with Crippen LogP contribution in [0.15, 0.2) is 40.8 Å². The zero-order valence-electron chi connectivity index (χ0n) is 17.5. The van der Waals surface area contributed by atoms with Gasteiger partial charge in [0.2, 0.25) is 5.91 Å². The van der Waals surface area contributed by atoms with Crippen molar-refractivity contribution in [2.24, 2.45) is 5.92 Å². The van der Waals surface area contributed by atoms with Crippen molar-refractivity contribution < 1.29 is 19.1 Å². The smallest absolute Gasteiger partial charge is 0.243 e. The lowest BCUT2D eigenvalue weighted by molar-refractivity contribution is -0.137. The Labute approximate surface area is 176 Å². The van der Waals surface area contributed by atoms with Crippen LogP contribution < -0.4 is 4.74 Å². The molecule has 158 valence electrons. The maximum absolute atomic E-state index is 13.5. The molecule has 0 saturated carbocycles. The van der Waals surface area contributed by atoms with E-state index in [1.807, 2.05) is 36.1 Å². The molecular formula is C24H28N2O4. The lowest BCUT2D eigenvalue weighted by Gasteiger charge is -2.32. The number of nitrogens with zero attached hydrogens (tertiary/aromatic N) is 2. The molecule has 1 amide bonds. The molecule has 3 aliphatic heterocycles. The molecule has 0 unspecified atom stereocenters. The summed E-state index contributed by atoms with van der Waals surface area (Å²) in [7, 11) is 1.55. The van der Waals surface area contributed by atoms with Crippen molar-refractivity contribution in [3.63, 3.8) is 0 Å². The highest BCUT2D eigenvalue weighted by atomic mass is 16.5. The number of phenols is 1. The number of hydrogen-bond acceptors (Lipinski definition) is 5. The van der Waals surface area contributed by atoms with E-state index in [4.69, 9.17) is 9.15 Å².